The number of rotatable bonds is 5. The first-order valence-electron chi connectivity index (χ1n) is 6.35. The van der Waals surface area contributed by atoms with Crippen molar-refractivity contribution in [1.82, 2.24) is 0 Å². The van der Waals surface area contributed by atoms with Crippen LogP contribution in [0.2, 0.25) is 0 Å². The molecule has 0 heterocycles. The summed E-state index contributed by atoms with van der Waals surface area (Å²) in [5.74, 6) is 1.34. The molecule has 0 saturated heterocycles. The Morgan fingerprint density at radius 3 is 2.63 bits per heavy atom. The number of carbonyl (C=O) groups excluding carboxylic acids is 1. The summed E-state index contributed by atoms with van der Waals surface area (Å²) in [6, 6.07) is 1.76. The highest BCUT2D eigenvalue weighted by Crippen LogP contribution is 2.19. The molecule has 0 N–H and O–H groups in total. The van der Waals surface area contributed by atoms with Gasteiger partial charge in [0.2, 0.25) is 0 Å². The van der Waals surface area contributed by atoms with E-state index < -0.39 is 0 Å². The van der Waals surface area contributed by atoms with Gasteiger partial charge in [-0.1, -0.05) is 24.8 Å². The summed E-state index contributed by atoms with van der Waals surface area (Å²) < 4.78 is 11.1. The number of carbonyl (C=O) groups is 1. The van der Waals surface area contributed by atoms with Crippen LogP contribution in [0.3, 0.4) is 0 Å². The molecule has 0 fully saturated rings. The molecule has 1 aliphatic rings. The molecule has 3 heteroatoms. The van der Waals surface area contributed by atoms with Crippen molar-refractivity contribution < 1.29 is 14.3 Å². The zero-order valence-electron chi connectivity index (χ0n) is 11.4. The Hall–Kier alpha value is -2.03. The van der Waals surface area contributed by atoms with Crippen LogP contribution in [0.25, 0.3) is 12.2 Å². The fourth-order valence-corrected chi connectivity index (χ4v) is 2.29. The fourth-order valence-electron chi connectivity index (χ4n) is 2.29. The largest absolute Gasteiger partial charge is 0.495 e. The van der Waals surface area contributed by atoms with E-state index in [-0.39, 0.29) is 5.78 Å². The summed E-state index contributed by atoms with van der Waals surface area (Å²) in [5, 5.41) is 1.97. The normalized spacial score (nSPS) is 12.7. The zero-order chi connectivity index (χ0) is 13.8. The molecule has 0 spiro atoms. The van der Waals surface area contributed by atoms with Gasteiger partial charge in [0.25, 0.3) is 0 Å². The second-order valence-electron chi connectivity index (χ2n) is 4.42. The topological polar surface area (TPSA) is 35.5 Å². The van der Waals surface area contributed by atoms with Gasteiger partial charge >= 0.3 is 0 Å². The predicted octanol–water partition coefficient (Wildman–Crippen LogP) is 1.82. The Morgan fingerprint density at radius 2 is 2.05 bits per heavy atom. The molecule has 2 rings (SSSR count). The fraction of sp³-hybridized carbons (Fsp3) is 0.312. The first kappa shape index (κ1) is 13.4. The van der Waals surface area contributed by atoms with E-state index in [2.05, 4.69) is 18.7 Å². The third kappa shape index (κ3) is 2.55. The number of ketones is 1. The third-order valence-electron chi connectivity index (χ3n) is 3.12. The van der Waals surface area contributed by atoms with E-state index in [4.69, 9.17) is 9.47 Å². The lowest BCUT2D eigenvalue weighted by Gasteiger charge is -2.14. The van der Waals surface area contributed by atoms with Gasteiger partial charge in [-0.15, -0.1) is 0 Å². The molecule has 1 aliphatic carbocycles. The SMILES string of the molecule is C=CCOc1cc(C(C)=O)c(OC)c2c1=CCCC=2. The van der Waals surface area contributed by atoms with Crippen LogP contribution in [0.4, 0.5) is 0 Å². The lowest BCUT2D eigenvalue weighted by atomic mass is 10.0. The summed E-state index contributed by atoms with van der Waals surface area (Å²) in [4.78, 5) is 11.8. The quantitative estimate of drug-likeness (QED) is 0.597. The molecule has 0 atom stereocenters. The lowest BCUT2D eigenvalue weighted by Crippen LogP contribution is -2.32. The van der Waals surface area contributed by atoms with Crippen LogP contribution in [0.15, 0.2) is 18.7 Å². The van der Waals surface area contributed by atoms with Crippen molar-refractivity contribution in [3.63, 3.8) is 0 Å². The standard InChI is InChI=1S/C16H18O3/c1-4-9-19-15-10-14(11(2)17)16(18-3)13-8-6-5-7-12(13)15/h4,7-8,10H,1,5-6,9H2,2-3H3. The molecule has 0 saturated carbocycles. The Morgan fingerprint density at radius 1 is 1.37 bits per heavy atom. The molecule has 0 amide bonds. The van der Waals surface area contributed by atoms with Crippen LogP contribution in [-0.2, 0) is 0 Å². The van der Waals surface area contributed by atoms with Crippen LogP contribution >= 0.6 is 0 Å². The molecule has 1 aromatic carbocycles. The van der Waals surface area contributed by atoms with Crippen LogP contribution in [-0.4, -0.2) is 19.5 Å². The Labute approximate surface area is 112 Å². The number of hydrogen-bond donors (Lipinski definition) is 0. The van der Waals surface area contributed by atoms with E-state index in [0.29, 0.717) is 17.9 Å². The number of fused-ring (bicyclic) bond motifs is 1. The van der Waals surface area contributed by atoms with Gasteiger partial charge in [-0.3, -0.25) is 4.79 Å². The minimum absolute atomic E-state index is 0.0259. The van der Waals surface area contributed by atoms with E-state index in [1.54, 1.807) is 19.3 Å². The highest BCUT2D eigenvalue weighted by molar-refractivity contribution is 5.97. The van der Waals surface area contributed by atoms with E-state index in [1.165, 1.54) is 6.92 Å². The monoisotopic (exact) mass is 258 g/mol. The summed E-state index contributed by atoms with van der Waals surface area (Å²) in [5.41, 5.74) is 0.562. The van der Waals surface area contributed by atoms with Crippen molar-refractivity contribution in [1.29, 1.82) is 0 Å². The van der Waals surface area contributed by atoms with Crippen LogP contribution in [0.1, 0.15) is 30.1 Å². The van der Waals surface area contributed by atoms with E-state index in [9.17, 15) is 4.79 Å². The van der Waals surface area contributed by atoms with Gasteiger partial charge in [0.15, 0.2) is 5.78 Å². The van der Waals surface area contributed by atoms with Crippen molar-refractivity contribution in [3.8, 4) is 11.5 Å². The predicted molar refractivity (Wildman–Crippen MR) is 76.1 cm³/mol. The first-order chi connectivity index (χ1) is 9.19. The van der Waals surface area contributed by atoms with Gasteiger partial charge in [-0.25, -0.2) is 0 Å². The zero-order valence-corrected chi connectivity index (χ0v) is 11.4. The molecular formula is C16H18O3. The maximum atomic E-state index is 11.8. The van der Waals surface area contributed by atoms with Gasteiger partial charge in [0.05, 0.1) is 12.7 Å². The highest BCUT2D eigenvalue weighted by Gasteiger charge is 2.15. The summed E-state index contributed by atoms with van der Waals surface area (Å²) in [7, 11) is 1.59. The number of hydrogen-bond acceptors (Lipinski definition) is 3. The minimum atomic E-state index is -0.0259. The molecule has 0 aliphatic heterocycles. The van der Waals surface area contributed by atoms with Gasteiger partial charge < -0.3 is 9.47 Å². The molecular weight excluding hydrogens is 240 g/mol. The second kappa shape index (κ2) is 5.74. The number of methoxy groups -OCH3 is 1. The second-order valence-corrected chi connectivity index (χ2v) is 4.42. The van der Waals surface area contributed by atoms with E-state index >= 15 is 0 Å². The highest BCUT2D eigenvalue weighted by atomic mass is 16.5. The Bertz CT molecular complexity index is 626. The van der Waals surface area contributed by atoms with Crippen molar-refractivity contribution in [2.24, 2.45) is 0 Å². The van der Waals surface area contributed by atoms with E-state index in [0.717, 1.165) is 29.0 Å². The van der Waals surface area contributed by atoms with Gasteiger partial charge in [-0.05, 0) is 25.8 Å². The number of Topliss-reactive ketones (excluding diaryl/α,β-unsaturated/α-hetero) is 1. The van der Waals surface area contributed by atoms with Gasteiger partial charge in [-0.2, -0.15) is 0 Å². The smallest absolute Gasteiger partial charge is 0.163 e. The summed E-state index contributed by atoms with van der Waals surface area (Å²) in [6.45, 7) is 5.60. The van der Waals surface area contributed by atoms with Gasteiger partial charge in [0, 0.05) is 10.4 Å². The molecule has 0 radical (unpaired) electrons. The maximum Gasteiger partial charge on any atom is 0.163 e. The molecule has 0 unspecified atom stereocenters. The average molecular weight is 258 g/mol. The third-order valence-corrected chi connectivity index (χ3v) is 3.12. The molecule has 3 nitrogen and oxygen atoms in total. The van der Waals surface area contributed by atoms with Crippen LogP contribution < -0.4 is 19.9 Å². The average Bonchev–Trinajstić information content (AvgIpc) is 2.43. The Balaban J connectivity index is 2.73. The minimum Gasteiger partial charge on any atom is -0.495 e. The summed E-state index contributed by atoms with van der Waals surface area (Å²) >= 11 is 0. The van der Waals surface area contributed by atoms with Crippen LogP contribution in [0.5, 0.6) is 11.5 Å². The maximum absolute atomic E-state index is 11.8. The van der Waals surface area contributed by atoms with Gasteiger partial charge in [0.1, 0.15) is 18.1 Å². The van der Waals surface area contributed by atoms with Crippen molar-refractivity contribution in [3.05, 3.63) is 34.7 Å². The lowest BCUT2D eigenvalue weighted by molar-refractivity contribution is 0.101. The Kier molecular flexibility index (Phi) is 4.05. The molecule has 100 valence electrons. The summed E-state index contributed by atoms with van der Waals surface area (Å²) in [6.07, 6.45) is 7.84. The molecule has 0 bridgehead atoms. The van der Waals surface area contributed by atoms with Crippen molar-refractivity contribution >= 4 is 17.9 Å². The van der Waals surface area contributed by atoms with Crippen LogP contribution in [0, 0.1) is 0 Å². The van der Waals surface area contributed by atoms with Crippen molar-refractivity contribution in [2.75, 3.05) is 13.7 Å². The van der Waals surface area contributed by atoms with Crippen molar-refractivity contribution in [2.45, 2.75) is 19.8 Å². The molecule has 0 aromatic heterocycles. The molecule has 1 aromatic rings. The first-order valence-corrected chi connectivity index (χ1v) is 6.35. The molecule has 19 heavy (non-hydrogen) atoms. The number of ether oxygens (including phenoxy) is 2. The number of benzene rings is 1. The van der Waals surface area contributed by atoms with E-state index in [1.807, 2.05) is 0 Å².